The molecular formula is C33H32F3N3O4. The maximum Gasteiger partial charge on any atom is 0.416 e. The highest BCUT2D eigenvalue weighted by Crippen LogP contribution is 2.33. The van der Waals surface area contributed by atoms with Crippen LogP contribution in [0, 0.1) is 6.92 Å². The summed E-state index contributed by atoms with van der Waals surface area (Å²) in [5, 5.41) is 5.46. The normalized spacial score (nSPS) is 11.5. The molecule has 2 amide bonds. The van der Waals surface area contributed by atoms with E-state index < -0.39 is 29.3 Å². The van der Waals surface area contributed by atoms with Crippen LogP contribution in [-0.2, 0) is 17.3 Å². The monoisotopic (exact) mass is 591 g/mol. The van der Waals surface area contributed by atoms with Crippen molar-refractivity contribution in [2.24, 2.45) is 0 Å². The molecule has 0 radical (unpaired) electrons. The summed E-state index contributed by atoms with van der Waals surface area (Å²) < 4.78 is 50.2. The molecule has 224 valence electrons. The molecule has 0 saturated carbocycles. The van der Waals surface area contributed by atoms with Crippen molar-refractivity contribution in [1.29, 1.82) is 0 Å². The van der Waals surface area contributed by atoms with E-state index in [0.29, 0.717) is 47.0 Å². The summed E-state index contributed by atoms with van der Waals surface area (Å²) >= 11 is 0. The summed E-state index contributed by atoms with van der Waals surface area (Å²) in [5.74, 6) is 0.571. The van der Waals surface area contributed by atoms with Gasteiger partial charge in [-0.2, -0.15) is 13.2 Å². The first-order valence-electron chi connectivity index (χ1n) is 13.6. The number of halogens is 3. The molecule has 0 bridgehead atoms. The van der Waals surface area contributed by atoms with E-state index in [0.717, 1.165) is 23.4 Å². The molecule has 0 spiro atoms. The van der Waals surface area contributed by atoms with E-state index >= 15 is 0 Å². The van der Waals surface area contributed by atoms with E-state index in [2.05, 4.69) is 15.6 Å². The molecule has 0 fully saturated rings. The van der Waals surface area contributed by atoms with Crippen LogP contribution in [0.4, 0.5) is 29.5 Å². The first-order valence-corrected chi connectivity index (χ1v) is 13.6. The van der Waals surface area contributed by atoms with E-state index in [9.17, 15) is 22.8 Å². The molecule has 43 heavy (non-hydrogen) atoms. The Morgan fingerprint density at radius 1 is 0.837 bits per heavy atom. The van der Waals surface area contributed by atoms with Crippen LogP contribution in [0.5, 0.6) is 5.75 Å². The maximum atomic E-state index is 13.2. The summed E-state index contributed by atoms with van der Waals surface area (Å²) in [7, 11) is 0. The lowest BCUT2D eigenvalue weighted by atomic mass is 9.94. The molecule has 1 heterocycles. The molecule has 0 aliphatic heterocycles. The van der Waals surface area contributed by atoms with Crippen molar-refractivity contribution in [2.45, 2.75) is 45.9 Å². The highest BCUT2D eigenvalue weighted by atomic mass is 19.4. The number of hydrogen-bond acceptors (Lipinski definition) is 5. The fourth-order valence-corrected chi connectivity index (χ4v) is 4.27. The molecule has 0 aliphatic carbocycles. The van der Waals surface area contributed by atoms with E-state index in [-0.39, 0.29) is 0 Å². The Labute approximate surface area is 248 Å². The van der Waals surface area contributed by atoms with Gasteiger partial charge < -0.3 is 14.8 Å². The van der Waals surface area contributed by atoms with Gasteiger partial charge in [-0.3, -0.25) is 10.1 Å². The number of carbonyl (C=O) groups is 2. The number of pyridine rings is 1. The quantitative estimate of drug-likeness (QED) is 0.215. The van der Waals surface area contributed by atoms with Crippen molar-refractivity contribution in [1.82, 2.24) is 4.98 Å². The summed E-state index contributed by atoms with van der Waals surface area (Å²) in [4.78, 5) is 29.6. The zero-order valence-corrected chi connectivity index (χ0v) is 24.2. The first kappa shape index (κ1) is 31.1. The smallest absolute Gasteiger partial charge is 0.416 e. The molecule has 3 aromatic carbocycles. The largest absolute Gasteiger partial charge is 0.493 e. The predicted octanol–water partition coefficient (Wildman–Crippen LogP) is 8.30. The zero-order valence-electron chi connectivity index (χ0n) is 24.2. The number of hydrogen-bond donors (Lipinski definition) is 2. The van der Waals surface area contributed by atoms with Gasteiger partial charge >= 0.3 is 12.3 Å². The molecule has 2 N–H and O–H groups in total. The Hall–Kier alpha value is -4.86. The van der Waals surface area contributed by atoms with Crippen LogP contribution in [0.3, 0.4) is 0 Å². The highest BCUT2D eigenvalue weighted by molar-refractivity contribution is 6.09. The van der Waals surface area contributed by atoms with Gasteiger partial charge in [0, 0.05) is 23.4 Å². The van der Waals surface area contributed by atoms with Crippen molar-refractivity contribution < 1.29 is 32.2 Å². The average molecular weight is 592 g/mol. The van der Waals surface area contributed by atoms with Gasteiger partial charge in [-0.05, 0) is 99.0 Å². The van der Waals surface area contributed by atoms with Gasteiger partial charge in [0.1, 0.15) is 17.2 Å². The number of amides is 2. The topological polar surface area (TPSA) is 89.6 Å². The van der Waals surface area contributed by atoms with Crippen molar-refractivity contribution in [3.63, 3.8) is 0 Å². The summed E-state index contributed by atoms with van der Waals surface area (Å²) in [5.41, 5.74) is 2.06. The lowest BCUT2D eigenvalue weighted by Gasteiger charge is -2.19. The molecule has 0 atom stereocenters. The number of rotatable bonds is 8. The zero-order chi connectivity index (χ0) is 31.2. The number of aromatic nitrogens is 1. The molecule has 10 heteroatoms. The van der Waals surface area contributed by atoms with Gasteiger partial charge in [0.15, 0.2) is 0 Å². The Balaban J connectivity index is 1.35. The minimum atomic E-state index is -4.44. The summed E-state index contributed by atoms with van der Waals surface area (Å²) in [6.45, 7) is 7.47. The van der Waals surface area contributed by atoms with Crippen LogP contribution in [0.1, 0.15) is 48.0 Å². The third-order valence-electron chi connectivity index (χ3n) is 6.19. The van der Waals surface area contributed by atoms with Gasteiger partial charge in [-0.1, -0.05) is 30.3 Å². The Morgan fingerprint density at radius 2 is 1.51 bits per heavy atom. The molecule has 4 rings (SSSR count). The third-order valence-corrected chi connectivity index (χ3v) is 6.19. The van der Waals surface area contributed by atoms with E-state index in [4.69, 9.17) is 9.47 Å². The number of nitrogens with zero attached hydrogens (tertiary/aromatic N) is 1. The molecule has 0 unspecified atom stereocenters. The second kappa shape index (κ2) is 13.0. The average Bonchev–Trinajstić information content (AvgIpc) is 2.92. The number of nitrogens with one attached hydrogen (secondary N) is 2. The molecule has 1 aromatic heterocycles. The number of benzene rings is 3. The minimum Gasteiger partial charge on any atom is -0.493 e. The van der Waals surface area contributed by atoms with Gasteiger partial charge in [-0.25, -0.2) is 9.78 Å². The molecule has 4 aromatic rings. The second-order valence-electron chi connectivity index (χ2n) is 10.8. The van der Waals surface area contributed by atoms with E-state index in [1.165, 1.54) is 12.1 Å². The number of ether oxygens (including phenoxy) is 2. The summed E-state index contributed by atoms with van der Waals surface area (Å²) in [6.07, 6.45) is -4.54. The molecular weight excluding hydrogens is 559 g/mol. The number of carbonyl (C=O) groups excluding carboxylic acids is 2. The van der Waals surface area contributed by atoms with Crippen LogP contribution in [0.25, 0.3) is 11.1 Å². The summed E-state index contributed by atoms with van der Waals surface area (Å²) in [6, 6.07) is 22.0. The Kier molecular flexibility index (Phi) is 9.38. The second-order valence-corrected chi connectivity index (χ2v) is 10.8. The van der Waals surface area contributed by atoms with Crippen LogP contribution in [0.15, 0.2) is 84.9 Å². The van der Waals surface area contributed by atoms with Crippen molar-refractivity contribution in [2.75, 3.05) is 17.2 Å². The first-order chi connectivity index (χ1) is 20.3. The van der Waals surface area contributed by atoms with Crippen LogP contribution in [-0.4, -0.2) is 29.2 Å². The third kappa shape index (κ3) is 8.81. The van der Waals surface area contributed by atoms with Crippen molar-refractivity contribution in [3.8, 4) is 16.9 Å². The Bertz CT molecular complexity index is 1580. The predicted molar refractivity (Wildman–Crippen MR) is 159 cm³/mol. The SMILES string of the molecule is Cc1cccc(C(=O)Nc2ccc(OCCc3cccc(NC(=O)OC(C)(C)C)n3)cc2)c1-c1ccc(C(F)(F)F)cc1. The van der Waals surface area contributed by atoms with Crippen molar-refractivity contribution >= 4 is 23.5 Å². The molecule has 0 saturated heterocycles. The van der Waals surface area contributed by atoms with Crippen molar-refractivity contribution in [3.05, 3.63) is 107 Å². The fraction of sp³-hybridized carbons (Fsp3) is 0.242. The number of anilines is 2. The van der Waals surface area contributed by atoms with E-state index in [1.807, 2.05) is 6.07 Å². The van der Waals surface area contributed by atoms with Gasteiger partial charge in [-0.15, -0.1) is 0 Å². The van der Waals surface area contributed by atoms with Gasteiger partial charge in [0.2, 0.25) is 0 Å². The molecule has 7 nitrogen and oxygen atoms in total. The standard InChI is InChI=1S/C33H32F3N3O4/c1-21-7-5-9-27(29(21)22-11-13-23(14-12-22)33(34,35)36)30(40)38-25-15-17-26(18-16-25)42-20-19-24-8-6-10-28(37-24)39-31(41)43-32(2,3)4/h5-18H,19-20H2,1-4H3,(H,38,40)(H,37,39,41). The van der Waals surface area contributed by atoms with Crippen LogP contribution >= 0.6 is 0 Å². The lowest BCUT2D eigenvalue weighted by Crippen LogP contribution is -2.27. The maximum absolute atomic E-state index is 13.2. The minimum absolute atomic E-state index is 0.328. The number of alkyl halides is 3. The molecule has 0 aliphatic rings. The fourth-order valence-electron chi connectivity index (χ4n) is 4.27. The van der Waals surface area contributed by atoms with Crippen LogP contribution < -0.4 is 15.4 Å². The van der Waals surface area contributed by atoms with Gasteiger partial charge in [0.05, 0.1) is 12.2 Å². The van der Waals surface area contributed by atoms with Crippen LogP contribution in [0.2, 0.25) is 0 Å². The van der Waals surface area contributed by atoms with E-state index in [1.54, 1.807) is 82.3 Å². The lowest BCUT2D eigenvalue weighted by molar-refractivity contribution is -0.137. The van der Waals surface area contributed by atoms with Gasteiger partial charge in [0.25, 0.3) is 5.91 Å². The highest BCUT2D eigenvalue weighted by Gasteiger charge is 2.30. The Morgan fingerprint density at radius 3 is 2.16 bits per heavy atom. The number of aryl methyl sites for hydroxylation is 1.